The third-order valence-corrected chi connectivity index (χ3v) is 10.9. The predicted octanol–water partition coefficient (Wildman–Crippen LogP) is 6.07. The van der Waals surface area contributed by atoms with Crippen molar-refractivity contribution in [1.82, 2.24) is 35.1 Å². The van der Waals surface area contributed by atoms with E-state index in [1.54, 1.807) is 11.1 Å². The molecule has 56 heavy (non-hydrogen) atoms. The van der Waals surface area contributed by atoms with Gasteiger partial charge < -0.3 is 39.8 Å². The monoisotopic (exact) mass is 760 g/mol. The van der Waals surface area contributed by atoms with E-state index in [4.69, 9.17) is 24.6 Å². The second kappa shape index (κ2) is 15.2. The molecule has 292 valence electrons. The number of likely N-dealkylation sites (tertiary alicyclic amines) is 1. The fourth-order valence-corrected chi connectivity index (χ4v) is 7.99. The Kier molecular flexibility index (Phi) is 10.1. The van der Waals surface area contributed by atoms with Crippen LogP contribution >= 0.6 is 0 Å². The number of hydrogen-bond acceptors (Lipinski definition) is 10. The third-order valence-electron chi connectivity index (χ3n) is 10.9. The number of methoxy groups -OCH3 is 1. The number of nitrogens with zero attached hydrogens (tertiary/aromatic N) is 4. The maximum Gasteiger partial charge on any atom is 0.407 e. The van der Waals surface area contributed by atoms with Gasteiger partial charge in [0.05, 0.1) is 54.3 Å². The Labute approximate surface area is 323 Å². The van der Waals surface area contributed by atoms with E-state index in [-0.39, 0.29) is 48.1 Å². The second-order valence-corrected chi connectivity index (χ2v) is 15.6. The lowest BCUT2D eigenvalue weighted by molar-refractivity contribution is -0.135. The van der Waals surface area contributed by atoms with E-state index in [0.29, 0.717) is 40.9 Å². The highest BCUT2D eigenvalue weighted by atomic mass is 16.6. The van der Waals surface area contributed by atoms with Crippen LogP contribution in [0.25, 0.3) is 55.2 Å². The van der Waals surface area contributed by atoms with Crippen LogP contribution in [0.5, 0.6) is 0 Å². The topological polar surface area (TPSA) is 188 Å². The van der Waals surface area contributed by atoms with Gasteiger partial charge in [-0.25, -0.2) is 14.8 Å². The summed E-state index contributed by atoms with van der Waals surface area (Å²) in [5.74, 6) is 1.35. The van der Waals surface area contributed by atoms with Crippen molar-refractivity contribution in [2.75, 3.05) is 26.7 Å². The van der Waals surface area contributed by atoms with Crippen molar-refractivity contribution in [2.45, 2.75) is 71.5 Å². The molecule has 3 aromatic carbocycles. The standard InChI is InChI=1S/C42H48N8O6/c1-22(2)20-49(40(52)37(23(3)4)48-42(53)54-5)21-35-44-18-29(46-35)25-8-11-27-24(15-25)10-13-32-36(27)38(51)28-12-9-26(16-33(28)55-32)30-19-45-39(47-30)31-7-6-14-50(31)41-34(17-43)56-41/h8-13,15-16,18-19,22-23,31,34,37,41H,6-7,14,17,20-21,43H2,1-5H3,(H,44,46)(H,45,47)(H,48,53)/t31-,34?,37-,41?/m0/s1. The minimum absolute atomic E-state index is 0.0579. The van der Waals surface area contributed by atoms with Crippen molar-refractivity contribution in [3.8, 4) is 22.5 Å². The number of nitrogens with one attached hydrogen (secondary N) is 3. The van der Waals surface area contributed by atoms with Crippen LogP contribution in [0, 0.1) is 11.8 Å². The number of carbonyl (C=O) groups excluding carboxylic acids is 2. The van der Waals surface area contributed by atoms with Crippen LogP contribution < -0.4 is 16.5 Å². The van der Waals surface area contributed by atoms with E-state index in [0.717, 1.165) is 58.5 Å². The molecule has 2 aliphatic rings. The Morgan fingerprint density at radius 1 is 1.00 bits per heavy atom. The molecule has 2 unspecified atom stereocenters. The Balaban J connectivity index is 1.04. The summed E-state index contributed by atoms with van der Waals surface area (Å²) in [4.78, 5) is 60.0. The molecular weight excluding hydrogens is 713 g/mol. The first-order valence-corrected chi connectivity index (χ1v) is 19.3. The molecular formula is C42H48N8O6. The number of carbonyl (C=O) groups is 2. The van der Waals surface area contributed by atoms with E-state index in [1.165, 1.54) is 7.11 Å². The number of rotatable bonds is 12. The molecule has 0 bridgehead atoms. The highest BCUT2D eigenvalue weighted by Gasteiger charge is 2.47. The van der Waals surface area contributed by atoms with Crippen molar-refractivity contribution in [1.29, 1.82) is 0 Å². The lowest BCUT2D eigenvalue weighted by atomic mass is 10.0. The van der Waals surface area contributed by atoms with Gasteiger partial charge in [0.1, 0.15) is 41.2 Å². The molecule has 0 spiro atoms. The summed E-state index contributed by atoms with van der Waals surface area (Å²) in [6, 6.07) is 14.7. The number of fused-ring (bicyclic) bond motifs is 4. The quantitative estimate of drug-likeness (QED) is 0.0648. The van der Waals surface area contributed by atoms with Gasteiger partial charge >= 0.3 is 6.09 Å². The van der Waals surface area contributed by atoms with Crippen LogP contribution in [0.1, 0.15) is 58.2 Å². The maximum atomic E-state index is 14.1. The Hall–Kier alpha value is -5.57. The number of ether oxygens (including phenoxy) is 2. The molecule has 0 saturated carbocycles. The molecule has 4 atom stereocenters. The number of hydrogen-bond donors (Lipinski definition) is 4. The van der Waals surface area contributed by atoms with Gasteiger partial charge in [-0.2, -0.15) is 0 Å². The average Bonchev–Trinajstić information content (AvgIpc) is 3.54. The van der Waals surface area contributed by atoms with Gasteiger partial charge in [0.15, 0.2) is 0 Å². The molecule has 5 heterocycles. The molecule has 2 aliphatic heterocycles. The highest BCUT2D eigenvalue weighted by Crippen LogP contribution is 2.39. The lowest BCUT2D eigenvalue weighted by Gasteiger charge is -2.30. The number of epoxide rings is 1. The first-order chi connectivity index (χ1) is 27.0. The largest absolute Gasteiger partial charge is 0.456 e. The van der Waals surface area contributed by atoms with Crippen LogP contribution in [-0.2, 0) is 20.8 Å². The molecule has 2 amide bonds. The van der Waals surface area contributed by atoms with E-state index < -0.39 is 12.1 Å². The van der Waals surface area contributed by atoms with Gasteiger partial charge in [-0.3, -0.25) is 14.5 Å². The summed E-state index contributed by atoms with van der Waals surface area (Å²) in [5.41, 5.74) is 10.1. The van der Waals surface area contributed by atoms with Crippen molar-refractivity contribution in [3.05, 3.63) is 82.8 Å². The van der Waals surface area contributed by atoms with Gasteiger partial charge in [-0.15, -0.1) is 0 Å². The summed E-state index contributed by atoms with van der Waals surface area (Å²) in [7, 11) is 1.28. The Morgan fingerprint density at radius 3 is 2.48 bits per heavy atom. The van der Waals surface area contributed by atoms with Crippen LogP contribution in [0.15, 0.2) is 70.1 Å². The molecule has 0 aliphatic carbocycles. The summed E-state index contributed by atoms with van der Waals surface area (Å²) >= 11 is 0. The van der Waals surface area contributed by atoms with Crippen molar-refractivity contribution >= 4 is 44.7 Å². The van der Waals surface area contributed by atoms with Crippen LogP contribution in [0.3, 0.4) is 0 Å². The average molecular weight is 761 g/mol. The molecule has 8 rings (SSSR count). The first kappa shape index (κ1) is 37.4. The van der Waals surface area contributed by atoms with Gasteiger partial charge in [-0.05, 0) is 59.7 Å². The minimum atomic E-state index is -0.742. The molecule has 14 nitrogen and oxygen atoms in total. The zero-order valence-electron chi connectivity index (χ0n) is 32.3. The molecule has 3 aromatic heterocycles. The fourth-order valence-electron chi connectivity index (χ4n) is 7.99. The predicted molar refractivity (Wildman–Crippen MR) is 213 cm³/mol. The van der Waals surface area contributed by atoms with Crippen LogP contribution in [-0.4, -0.2) is 86.9 Å². The molecule has 0 radical (unpaired) electrons. The number of aromatic amines is 2. The van der Waals surface area contributed by atoms with Gasteiger partial charge in [-0.1, -0.05) is 52.0 Å². The SMILES string of the molecule is COC(=O)N[C@H](C(=O)N(Cc1ncc(-c2ccc3c(ccc4oc5cc(-c6cnc([C@@H]7CCCN7C7OC7CN)[nH]6)ccc5c(=O)c43)c2)[nH]1)CC(C)C)C(C)C. The molecule has 5 N–H and O–H groups in total. The molecule has 2 saturated heterocycles. The normalized spacial score (nSPS) is 19.0. The summed E-state index contributed by atoms with van der Waals surface area (Å²) in [6.07, 6.45) is 5.15. The Morgan fingerprint density at radius 2 is 1.75 bits per heavy atom. The third kappa shape index (κ3) is 7.15. The Bertz CT molecular complexity index is 2490. The van der Waals surface area contributed by atoms with Gasteiger partial charge in [0.25, 0.3) is 0 Å². The molecule has 2 fully saturated rings. The summed E-state index contributed by atoms with van der Waals surface area (Å²) in [6.45, 7) is 10.0. The maximum absolute atomic E-state index is 14.1. The molecule has 14 heteroatoms. The summed E-state index contributed by atoms with van der Waals surface area (Å²) < 4.78 is 16.9. The number of alkyl carbamates (subject to hydrolysis) is 1. The lowest BCUT2D eigenvalue weighted by Crippen LogP contribution is -2.51. The van der Waals surface area contributed by atoms with E-state index >= 15 is 0 Å². The number of H-pyrrole nitrogens is 2. The van der Waals surface area contributed by atoms with Crippen LogP contribution in [0.4, 0.5) is 4.79 Å². The zero-order chi connectivity index (χ0) is 39.2. The zero-order valence-corrected chi connectivity index (χ0v) is 32.3. The first-order valence-electron chi connectivity index (χ1n) is 19.3. The highest BCUT2D eigenvalue weighted by molar-refractivity contribution is 6.09. The van der Waals surface area contributed by atoms with Gasteiger partial charge in [0.2, 0.25) is 11.3 Å². The molecule has 6 aromatic rings. The smallest absolute Gasteiger partial charge is 0.407 e. The van der Waals surface area contributed by atoms with E-state index in [2.05, 4.69) is 25.2 Å². The number of nitrogens with two attached hydrogens (primary N) is 1. The van der Waals surface area contributed by atoms with E-state index in [9.17, 15) is 14.4 Å². The number of benzene rings is 3. The number of aromatic nitrogens is 4. The second-order valence-electron chi connectivity index (χ2n) is 15.6. The number of imidazole rings is 2. The van der Waals surface area contributed by atoms with Crippen LogP contribution in [0.2, 0.25) is 0 Å². The summed E-state index contributed by atoms with van der Waals surface area (Å²) in [5, 5.41) is 5.36. The minimum Gasteiger partial charge on any atom is -0.456 e. The number of amides is 2. The van der Waals surface area contributed by atoms with Crippen molar-refractivity contribution < 1.29 is 23.5 Å². The van der Waals surface area contributed by atoms with Gasteiger partial charge in [0, 0.05) is 30.8 Å². The van der Waals surface area contributed by atoms with E-state index in [1.807, 2.05) is 82.4 Å². The van der Waals surface area contributed by atoms with Crippen molar-refractivity contribution in [2.24, 2.45) is 17.6 Å². The fraction of sp³-hybridized carbons (Fsp3) is 0.405. The van der Waals surface area contributed by atoms with Crippen molar-refractivity contribution in [3.63, 3.8) is 0 Å².